The van der Waals surface area contributed by atoms with E-state index in [9.17, 15) is 13.2 Å². The van der Waals surface area contributed by atoms with Gasteiger partial charge in [-0.15, -0.1) is 0 Å². The molecule has 1 unspecified atom stereocenters. The lowest BCUT2D eigenvalue weighted by Gasteiger charge is -2.19. The van der Waals surface area contributed by atoms with Crippen molar-refractivity contribution in [2.75, 3.05) is 0 Å². The van der Waals surface area contributed by atoms with Gasteiger partial charge in [0.1, 0.15) is 0 Å². The second-order valence-electron chi connectivity index (χ2n) is 4.86. The van der Waals surface area contributed by atoms with Gasteiger partial charge in [0.15, 0.2) is 0 Å². The second-order valence-corrected chi connectivity index (χ2v) is 4.86. The molecule has 1 aromatic carbocycles. The molecule has 0 amide bonds. The topological polar surface area (TPSA) is 0 Å². The van der Waals surface area contributed by atoms with Crippen LogP contribution in [-0.2, 0) is 6.18 Å². The first-order valence-electron chi connectivity index (χ1n) is 6.01. The van der Waals surface area contributed by atoms with Crippen LogP contribution < -0.4 is 0 Å². The van der Waals surface area contributed by atoms with Gasteiger partial charge in [-0.2, -0.15) is 13.2 Å². The molecule has 0 aliphatic rings. The molecule has 0 radical (unpaired) electrons. The average Bonchev–Trinajstić information content (AvgIpc) is 2.24. The summed E-state index contributed by atoms with van der Waals surface area (Å²) in [7, 11) is 0. The van der Waals surface area contributed by atoms with Crippen molar-refractivity contribution in [3.8, 4) is 0 Å². The molecule has 0 bridgehead atoms. The van der Waals surface area contributed by atoms with Gasteiger partial charge < -0.3 is 0 Å². The number of hydrogen-bond donors (Lipinski definition) is 0. The number of rotatable bonds is 4. The van der Waals surface area contributed by atoms with Gasteiger partial charge in [0, 0.05) is 0 Å². The molecule has 0 aromatic heterocycles. The van der Waals surface area contributed by atoms with Crippen LogP contribution in [0.3, 0.4) is 0 Å². The van der Waals surface area contributed by atoms with Gasteiger partial charge in [0.2, 0.25) is 0 Å². The van der Waals surface area contributed by atoms with Crippen LogP contribution in [-0.4, -0.2) is 0 Å². The lowest BCUT2D eigenvalue weighted by molar-refractivity contribution is -0.137. The van der Waals surface area contributed by atoms with Crippen molar-refractivity contribution in [1.82, 2.24) is 0 Å². The zero-order valence-corrected chi connectivity index (χ0v) is 10.5. The summed E-state index contributed by atoms with van der Waals surface area (Å²) in [6, 6.07) is 5.72. The predicted molar refractivity (Wildman–Crippen MR) is 63.9 cm³/mol. The minimum absolute atomic E-state index is 0.220. The Morgan fingerprint density at radius 3 is 2.29 bits per heavy atom. The molecule has 0 N–H and O–H groups in total. The molecule has 0 saturated heterocycles. The van der Waals surface area contributed by atoms with Crippen LogP contribution >= 0.6 is 0 Å². The number of halogens is 3. The standard InChI is InChI=1S/C14H19F3/c1-4-11(8-10(2)3)12-6-5-7-13(9-12)14(15,16)17/h5-7,9-11H,4,8H2,1-3H3. The average molecular weight is 244 g/mol. The zero-order valence-electron chi connectivity index (χ0n) is 10.5. The first kappa shape index (κ1) is 14.1. The Morgan fingerprint density at radius 2 is 1.82 bits per heavy atom. The Hall–Kier alpha value is -0.990. The summed E-state index contributed by atoms with van der Waals surface area (Å²) in [6.45, 7) is 6.21. The Bertz CT molecular complexity index is 353. The smallest absolute Gasteiger partial charge is 0.166 e. The van der Waals surface area contributed by atoms with Gasteiger partial charge in [0.25, 0.3) is 0 Å². The summed E-state index contributed by atoms with van der Waals surface area (Å²) in [5.41, 5.74) is 0.258. The van der Waals surface area contributed by atoms with E-state index in [2.05, 4.69) is 13.8 Å². The van der Waals surface area contributed by atoms with Crippen LogP contribution in [0.2, 0.25) is 0 Å². The largest absolute Gasteiger partial charge is 0.416 e. The maximum atomic E-state index is 12.6. The molecule has 17 heavy (non-hydrogen) atoms. The van der Waals surface area contributed by atoms with E-state index in [0.717, 1.165) is 24.5 Å². The van der Waals surface area contributed by atoms with E-state index in [0.29, 0.717) is 5.92 Å². The molecule has 1 atom stereocenters. The van der Waals surface area contributed by atoms with E-state index in [1.165, 1.54) is 12.1 Å². The fraction of sp³-hybridized carbons (Fsp3) is 0.571. The minimum atomic E-state index is -4.24. The van der Waals surface area contributed by atoms with Crippen molar-refractivity contribution >= 4 is 0 Å². The van der Waals surface area contributed by atoms with E-state index in [1.807, 2.05) is 6.92 Å². The molecule has 0 saturated carbocycles. The first-order chi connectivity index (χ1) is 7.84. The molecule has 0 aliphatic carbocycles. The molecule has 0 spiro atoms. The molecule has 0 aliphatic heterocycles. The summed E-state index contributed by atoms with van der Waals surface area (Å²) in [6.07, 6.45) is -2.44. The Kier molecular flexibility index (Phi) is 4.61. The highest BCUT2D eigenvalue weighted by Gasteiger charge is 2.30. The van der Waals surface area contributed by atoms with Crippen LogP contribution in [0.25, 0.3) is 0 Å². The van der Waals surface area contributed by atoms with Crippen LogP contribution in [0.1, 0.15) is 50.7 Å². The molecule has 1 aromatic rings. The molecule has 0 fully saturated rings. The Labute approximate surface area is 101 Å². The van der Waals surface area contributed by atoms with Gasteiger partial charge in [-0.3, -0.25) is 0 Å². The quantitative estimate of drug-likeness (QED) is 0.679. The van der Waals surface area contributed by atoms with E-state index in [-0.39, 0.29) is 5.92 Å². The maximum absolute atomic E-state index is 12.6. The Balaban J connectivity index is 2.97. The van der Waals surface area contributed by atoms with Crippen molar-refractivity contribution in [1.29, 1.82) is 0 Å². The highest BCUT2D eigenvalue weighted by atomic mass is 19.4. The monoisotopic (exact) mass is 244 g/mol. The fourth-order valence-corrected chi connectivity index (χ4v) is 2.08. The van der Waals surface area contributed by atoms with Crippen LogP contribution in [0.15, 0.2) is 24.3 Å². The van der Waals surface area contributed by atoms with Gasteiger partial charge in [-0.25, -0.2) is 0 Å². The first-order valence-corrected chi connectivity index (χ1v) is 6.01. The van der Waals surface area contributed by atoms with Gasteiger partial charge in [0.05, 0.1) is 5.56 Å². The third kappa shape index (κ3) is 4.06. The van der Waals surface area contributed by atoms with Crippen molar-refractivity contribution < 1.29 is 13.2 Å². The highest BCUT2D eigenvalue weighted by Crippen LogP contribution is 2.33. The number of hydrogen-bond acceptors (Lipinski definition) is 0. The Morgan fingerprint density at radius 1 is 1.18 bits per heavy atom. The molecular weight excluding hydrogens is 225 g/mol. The van der Waals surface area contributed by atoms with Gasteiger partial charge in [-0.05, 0) is 36.3 Å². The van der Waals surface area contributed by atoms with Crippen LogP contribution in [0, 0.1) is 5.92 Å². The van der Waals surface area contributed by atoms with Crippen LogP contribution in [0.4, 0.5) is 13.2 Å². The zero-order chi connectivity index (χ0) is 13.1. The van der Waals surface area contributed by atoms with Crippen molar-refractivity contribution in [3.05, 3.63) is 35.4 Å². The van der Waals surface area contributed by atoms with E-state index in [1.54, 1.807) is 6.07 Å². The van der Waals surface area contributed by atoms with Gasteiger partial charge >= 0.3 is 6.18 Å². The normalized spacial score (nSPS) is 14.1. The predicted octanol–water partition coefficient (Wildman–Crippen LogP) is 5.25. The SMILES string of the molecule is CCC(CC(C)C)c1cccc(C(F)(F)F)c1. The minimum Gasteiger partial charge on any atom is -0.166 e. The van der Waals surface area contributed by atoms with Crippen molar-refractivity contribution in [2.24, 2.45) is 5.92 Å². The highest BCUT2D eigenvalue weighted by molar-refractivity contribution is 5.28. The molecule has 3 heteroatoms. The summed E-state index contributed by atoms with van der Waals surface area (Å²) in [5.74, 6) is 0.715. The summed E-state index contributed by atoms with van der Waals surface area (Å²) >= 11 is 0. The van der Waals surface area contributed by atoms with E-state index in [4.69, 9.17) is 0 Å². The number of alkyl halides is 3. The van der Waals surface area contributed by atoms with E-state index < -0.39 is 11.7 Å². The molecule has 96 valence electrons. The second kappa shape index (κ2) is 5.56. The lowest BCUT2D eigenvalue weighted by atomic mass is 9.87. The molecular formula is C14H19F3. The maximum Gasteiger partial charge on any atom is 0.416 e. The molecule has 1 rings (SSSR count). The third-order valence-electron chi connectivity index (χ3n) is 2.93. The fourth-order valence-electron chi connectivity index (χ4n) is 2.08. The molecule has 0 nitrogen and oxygen atoms in total. The number of benzene rings is 1. The van der Waals surface area contributed by atoms with Crippen molar-refractivity contribution in [3.63, 3.8) is 0 Å². The van der Waals surface area contributed by atoms with Crippen LogP contribution in [0.5, 0.6) is 0 Å². The lowest BCUT2D eigenvalue weighted by Crippen LogP contribution is -2.07. The molecule has 0 heterocycles. The third-order valence-corrected chi connectivity index (χ3v) is 2.93. The summed E-state index contributed by atoms with van der Waals surface area (Å²) in [4.78, 5) is 0. The summed E-state index contributed by atoms with van der Waals surface area (Å²) in [5, 5.41) is 0. The van der Waals surface area contributed by atoms with Gasteiger partial charge in [-0.1, -0.05) is 39.0 Å². The summed E-state index contributed by atoms with van der Waals surface area (Å²) < 4.78 is 37.8. The van der Waals surface area contributed by atoms with Crippen molar-refractivity contribution in [2.45, 2.75) is 45.7 Å². The van der Waals surface area contributed by atoms with E-state index >= 15 is 0 Å².